The lowest BCUT2D eigenvalue weighted by Gasteiger charge is -2.28. The van der Waals surface area contributed by atoms with Crippen LogP contribution in [0.1, 0.15) is 53.9 Å². The van der Waals surface area contributed by atoms with E-state index in [2.05, 4.69) is 6.58 Å². The molecule has 0 aromatic carbocycles. The standard InChI is InChI=1S/C24H32O8/c1-12-7-9-17(29-15(4)25)13(2)8-10-19(27)24(6)22(32-24)21-20(14(3)23(28)31-21)18(11-12)30-16(5)26/h7-8,17-22,27H,3,9-11H2,1-2,4-6H3/b12-7?,13-8+/t17-,18+,19+,20+,21-,22-,24-/m0/s1. The lowest BCUT2D eigenvalue weighted by atomic mass is 9.82. The van der Waals surface area contributed by atoms with Crippen molar-refractivity contribution in [3.8, 4) is 0 Å². The fourth-order valence-corrected chi connectivity index (χ4v) is 4.55. The summed E-state index contributed by atoms with van der Waals surface area (Å²) < 4.78 is 22.5. The number of ether oxygens (including phenoxy) is 4. The van der Waals surface area contributed by atoms with Crippen LogP contribution in [0.3, 0.4) is 0 Å². The second kappa shape index (κ2) is 9.19. The van der Waals surface area contributed by atoms with Crippen molar-refractivity contribution in [3.05, 3.63) is 35.5 Å². The fraction of sp³-hybridized carbons (Fsp3) is 0.625. The number of esters is 3. The zero-order valence-electron chi connectivity index (χ0n) is 19.3. The van der Waals surface area contributed by atoms with Crippen molar-refractivity contribution in [3.63, 3.8) is 0 Å². The summed E-state index contributed by atoms with van der Waals surface area (Å²) in [4.78, 5) is 35.8. The molecule has 0 radical (unpaired) electrons. The highest BCUT2D eigenvalue weighted by atomic mass is 16.7. The highest BCUT2D eigenvalue weighted by Crippen LogP contribution is 2.50. The molecule has 1 N–H and O–H groups in total. The number of fused-ring (bicyclic) bond motifs is 3. The number of epoxide rings is 1. The molecule has 8 nitrogen and oxygen atoms in total. The van der Waals surface area contributed by atoms with E-state index in [1.807, 2.05) is 26.0 Å². The molecule has 2 heterocycles. The van der Waals surface area contributed by atoms with Gasteiger partial charge < -0.3 is 24.1 Å². The van der Waals surface area contributed by atoms with E-state index < -0.39 is 59.9 Å². The molecule has 176 valence electrons. The van der Waals surface area contributed by atoms with Crippen molar-refractivity contribution < 1.29 is 38.4 Å². The first kappa shape index (κ1) is 24.2. The van der Waals surface area contributed by atoms with Crippen molar-refractivity contribution in [2.45, 2.75) is 90.0 Å². The normalized spacial score (nSPS) is 39.3. The van der Waals surface area contributed by atoms with E-state index in [1.165, 1.54) is 13.8 Å². The van der Waals surface area contributed by atoms with Gasteiger partial charge in [0, 0.05) is 32.3 Å². The maximum absolute atomic E-state index is 12.4. The largest absolute Gasteiger partial charge is 0.461 e. The van der Waals surface area contributed by atoms with Crippen LogP contribution >= 0.6 is 0 Å². The van der Waals surface area contributed by atoms with E-state index in [0.717, 1.165) is 11.1 Å². The first-order valence-corrected chi connectivity index (χ1v) is 10.9. The minimum atomic E-state index is -0.933. The third-order valence-corrected chi connectivity index (χ3v) is 6.51. The van der Waals surface area contributed by atoms with Crippen LogP contribution in [0.15, 0.2) is 35.5 Å². The van der Waals surface area contributed by atoms with Gasteiger partial charge in [0.15, 0.2) is 0 Å². The molecule has 7 atom stereocenters. The highest BCUT2D eigenvalue weighted by Gasteiger charge is 2.66. The maximum atomic E-state index is 12.4. The van der Waals surface area contributed by atoms with Gasteiger partial charge in [0.05, 0.1) is 12.0 Å². The number of aliphatic hydroxyl groups is 1. The van der Waals surface area contributed by atoms with E-state index in [0.29, 0.717) is 12.8 Å². The molecule has 1 aliphatic carbocycles. The van der Waals surface area contributed by atoms with Gasteiger partial charge in [-0.15, -0.1) is 0 Å². The van der Waals surface area contributed by atoms with E-state index >= 15 is 0 Å². The predicted octanol–water partition coefficient (Wildman–Crippen LogP) is 2.54. The molecule has 2 fully saturated rings. The Hall–Kier alpha value is -2.45. The number of hydrogen-bond donors (Lipinski definition) is 1. The van der Waals surface area contributed by atoms with Gasteiger partial charge in [0.1, 0.15) is 30.0 Å². The van der Waals surface area contributed by atoms with Crippen molar-refractivity contribution in [2.75, 3.05) is 0 Å². The molecule has 2 saturated heterocycles. The van der Waals surface area contributed by atoms with Crippen molar-refractivity contribution in [2.24, 2.45) is 5.92 Å². The monoisotopic (exact) mass is 448 g/mol. The molecule has 0 aromatic heterocycles. The Bertz CT molecular complexity index is 871. The molecule has 32 heavy (non-hydrogen) atoms. The molecule has 0 bridgehead atoms. The van der Waals surface area contributed by atoms with E-state index in [-0.39, 0.29) is 12.0 Å². The minimum absolute atomic E-state index is 0.224. The van der Waals surface area contributed by atoms with Crippen LogP contribution < -0.4 is 0 Å². The molecule has 0 amide bonds. The number of hydrogen-bond acceptors (Lipinski definition) is 8. The van der Waals surface area contributed by atoms with E-state index in [1.54, 1.807) is 6.92 Å². The average molecular weight is 449 g/mol. The summed E-state index contributed by atoms with van der Waals surface area (Å²) in [6, 6.07) is 0. The van der Waals surface area contributed by atoms with Crippen molar-refractivity contribution in [1.82, 2.24) is 0 Å². The number of carbonyl (C=O) groups is 3. The molecule has 8 heteroatoms. The first-order valence-electron chi connectivity index (χ1n) is 10.9. The zero-order valence-corrected chi connectivity index (χ0v) is 19.3. The van der Waals surface area contributed by atoms with Gasteiger partial charge in [-0.3, -0.25) is 9.59 Å². The van der Waals surface area contributed by atoms with E-state index in [4.69, 9.17) is 18.9 Å². The van der Waals surface area contributed by atoms with E-state index in [9.17, 15) is 19.5 Å². The van der Waals surface area contributed by atoms with Gasteiger partial charge in [-0.1, -0.05) is 24.3 Å². The third kappa shape index (κ3) is 4.96. The minimum Gasteiger partial charge on any atom is -0.461 e. The Labute approximate surface area is 188 Å². The number of carbonyl (C=O) groups excluding carboxylic acids is 3. The molecular weight excluding hydrogens is 416 g/mol. The van der Waals surface area contributed by atoms with Crippen LogP contribution in [0.25, 0.3) is 0 Å². The van der Waals surface area contributed by atoms with Gasteiger partial charge in [0.25, 0.3) is 0 Å². The topological polar surface area (TPSA) is 112 Å². The summed E-state index contributed by atoms with van der Waals surface area (Å²) in [5.74, 6) is -2.03. The second-order valence-electron chi connectivity index (χ2n) is 9.08. The Morgan fingerprint density at radius 2 is 1.81 bits per heavy atom. The zero-order chi connectivity index (χ0) is 23.8. The molecule has 3 aliphatic rings. The van der Waals surface area contributed by atoms with Crippen molar-refractivity contribution >= 4 is 17.9 Å². The molecule has 0 aromatic rings. The van der Waals surface area contributed by atoms with Crippen LogP contribution in [0, 0.1) is 5.92 Å². The second-order valence-corrected chi connectivity index (χ2v) is 9.08. The number of aliphatic hydroxyl groups excluding tert-OH is 1. The molecule has 0 saturated carbocycles. The molecule has 2 aliphatic heterocycles. The number of rotatable bonds is 2. The SMILES string of the molecule is C=C1C(=O)O[C@H]2[C@H]1[C@H](OC(C)=O)CC(C)=CC[C@H](OC(C)=O)/C(C)=C/C[C@@H](O)[C@]1(C)O[C@@H]21. The summed E-state index contributed by atoms with van der Waals surface area (Å²) in [5, 5.41) is 10.8. The highest BCUT2D eigenvalue weighted by molar-refractivity contribution is 5.91. The average Bonchev–Trinajstić information content (AvgIpc) is 3.30. The van der Waals surface area contributed by atoms with Crippen LogP contribution in [-0.2, 0) is 33.3 Å². The van der Waals surface area contributed by atoms with Gasteiger partial charge in [-0.05, 0) is 32.8 Å². The molecule has 0 unspecified atom stereocenters. The van der Waals surface area contributed by atoms with Crippen molar-refractivity contribution in [1.29, 1.82) is 0 Å². The Kier molecular flexibility index (Phi) is 6.95. The summed E-state index contributed by atoms with van der Waals surface area (Å²) in [6.45, 7) is 12.1. The lowest BCUT2D eigenvalue weighted by molar-refractivity contribution is -0.150. The van der Waals surface area contributed by atoms with Crippen LogP contribution in [0.4, 0.5) is 0 Å². The van der Waals surface area contributed by atoms with Crippen LogP contribution in [0.5, 0.6) is 0 Å². The fourth-order valence-electron chi connectivity index (χ4n) is 4.55. The predicted molar refractivity (Wildman–Crippen MR) is 114 cm³/mol. The quantitative estimate of drug-likeness (QED) is 0.226. The third-order valence-electron chi connectivity index (χ3n) is 6.51. The van der Waals surface area contributed by atoms with Gasteiger partial charge >= 0.3 is 17.9 Å². The first-order chi connectivity index (χ1) is 14.9. The summed E-state index contributed by atoms with van der Waals surface area (Å²) >= 11 is 0. The Morgan fingerprint density at radius 1 is 1.16 bits per heavy atom. The van der Waals surface area contributed by atoms with Crippen LogP contribution in [0.2, 0.25) is 0 Å². The lowest BCUT2D eigenvalue weighted by Crippen LogP contribution is -2.40. The molecule has 3 rings (SSSR count). The summed E-state index contributed by atoms with van der Waals surface area (Å²) in [7, 11) is 0. The Morgan fingerprint density at radius 3 is 2.44 bits per heavy atom. The molecular formula is C24H32O8. The maximum Gasteiger partial charge on any atom is 0.334 e. The van der Waals surface area contributed by atoms with Gasteiger partial charge in [0.2, 0.25) is 0 Å². The summed E-state index contributed by atoms with van der Waals surface area (Å²) in [6.07, 6.45) is 1.50. The van der Waals surface area contributed by atoms with Gasteiger partial charge in [-0.25, -0.2) is 4.79 Å². The summed E-state index contributed by atoms with van der Waals surface area (Å²) in [5.41, 5.74) is 1.01. The van der Waals surface area contributed by atoms with Crippen LogP contribution in [-0.4, -0.2) is 59.1 Å². The Balaban J connectivity index is 2.00. The van der Waals surface area contributed by atoms with Gasteiger partial charge in [-0.2, -0.15) is 0 Å². The smallest absolute Gasteiger partial charge is 0.334 e. The molecule has 0 spiro atoms.